The molecule has 5 rings (SSSR count). The summed E-state index contributed by atoms with van der Waals surface area (Å²) in [6.45, 7) is 5.84. The molecule has 11 heteroatoms. The van der Waals surface area contributed by atoms with E-state index >= 15 is 0 Å². The molecule has 4 aromatic rings. The molecule has 0 radical (unpaired) electrons. The standard InChI is InChI=1S/C30H33N7O4/c1-4-19-12-22(38)5-6-25(19)36-29(31)24-15-34-37-16-20(13-27(37)28(24)35-21-7-9-41-17-21)23-14-33-26(11-18(23)2)30(39)32-8-10-40-3/h5-6,11-16,38H,4,7-10,17H2,1-3H3,(H2,31,36)(H,32,39). The first-order valence-electron chi connectivity index (χ1n) is 13.4. The molecule has 1 saturated heterocycles. The van der Waals surface area contributed by atoms with Crippen LogP contribution < -0.4 is 11.1 Å². The highest BCUT2D eigenvalue weighted by Gasteiger charge is 2.19. The average Bonchev–Trinajstić information content (AvgIpc) is 3.64. The van der Waals surface area contributed by atoms with Gasteiger partial charge in [0.25, 0.3) is 5.91 Å². The lowest BCUT2D eigenvalue weighted by molar-refractivity contribution is 0.0932. The van der Waals surface area contributed by atoms with E-state index in [1.54, 1.807) is 48.3 Å². The lowest BCUT2D eigenvalue weighted by Gasteiger charge is -2.10. The van der Waals surface area contributed by atoms with Crippen LogP contribution in [0.3, 0.4) is 0 Å². The molecule has 0 bridgehead atoms. The topological polar surface area (TPSA) is 149 Å². The van der Waals surface area contributed by atoms with E-state index in [1.165, 1.54) is 0 Å². The van der Waals surface area contributed by atoms with Crippen LogP contribution in [0.4, 0.5) is 11.4 Å². The summed E-state index contributed by atoms with van der Waals surface area (Å²) in [5, 5.41) is 17.3. The minimum Gasteiger partial charge on any atom is -0.508 e. The predicted molar refractivity (Wildman–Crippen MR) is 158 cm³/mol. The number of aliphatic imine (C=N–C) groups is 2. The Morgan fingerprint density at radius 2 is 2.12 bits per heavy atom. The van der Waals surface area contributed by atoms with Crippen molar-refractivity contribution in [1.82, 2.24) is 19.9 Å². The number of aryl methyl sites for hydroxylation is 2. The number of amidine groups is 1. The fourth-order valence-corrected chi connectivity index (χ4v) is 4.69. The summed E-state index contributed by atoms with van der Waals surface area (Å²) in [6, 6.07) is 8.78. The van der Waals surface area contributed by atoms with E-state index in [0.717, 1.165) is 39.9 Å². The molecule has 4 heterocycles. The van der Waals surface area contributed by atoms with Gasteiger partial charge in [0.1, 0.15) is 23.0 Å². The number of hydrogen-bond acceptors (Lipinski definition) is 8. The molecule has 1 fully saturated rings. The van der Waals surface area contributed by atoms with E-state index in [0.29, 0.717) is 55.4 Å². The highest BCUT2D eigenvalue weighted by Crippen LogP contribution is 2.33. The number of hydrogen-bond donors (Lipinski definition) is 3. The lowest BCUT2D eigenvalue weighted by Crippen LogP contribution is -2.27. The van der Waals surface area contributed by atoms with Crippen LogP contribution in [0.2, 0.25) is 0 Å². The van der Waals surface area contributed by atoms with Crippen molar-refractivity contribution in [3.63, 3.8) is 0 Å². The van der Waals surface area contributed by atoms with Gasteiger partial charge >= 0.3 is 0 Å². The quantitative estimate of drug-likeness (QED) is 0.161. The maximum atomic E-state index is 12.5. The fourth-order valence-electron chi connectivity index (χ4n) is 4.69. The summed E-state index contributed by atoms with van der Waals surface area (Å²) in [7, 11) is 1.58. The Kier molecular flexibility index (Phi) is 8.37. The minimum atomic E-state index is -0.253. The van der Waals surface area contributed by atoms with Gasteiger partial charge in [0.05, 0.1) is 42.8 Å². The summed E-state index contributed by atoms with van der Waals surface area (Å²) in [5.74, 6) is 0.195. The van der Waals surface area contributed by atoms with E-state index < -0.39 is 0 Å². The van der Waals surface area contributed by atoms with Gasteiger partial charge in [-0.1, -0.05) is 6.92 Å². The Morgan fingerprint density at radius 1 is 1.27 bits per heavy atom. The van der Waals surface area contributed by atoms with Crippen molar-refractivity contribution in [1.29, 1.82) is 0 Å². The van der Waals surface area contributed by atoms with Gasteiger partial charge in [0.2, 0.25) is 0 Å². The van der Waals surface area contributed by atoms with Gasteiger partial charge in [-0.15, -0.1) is 0 Å². The highest BCUT2D eigenvalue weighted by molar-refractivity contribution is 6.07. The number of carbonyl (C=O) groups is 1. The van der Waals surface area contributed by atoms with Gasteiger partial charge in [-0.25, -0.2) is 9.51 Å². The van der Waals surface area contributed by atoms with Crippen molar-refractivity contribution in [2.24, 2.45) is 15.7 Å². The van der Waals surface area contributed by atoms with Crippen molar-refractivity contribution >= 4 is 34.3 Å². The number of benzene rings is 1. The molecule has 1 amide bonds. The number of phenolic OH excluding ortho intramolecular Hbond substituents is 1. The fraction of sp³-hybridized carbons (Fsp3) is 0.300. The Balaban J connectivity index is 1.57. The Hall–Kier alpha value is -4.61. The van der Waals surface area contributed by atoms with Gasteiger partial charge in [-0.05, 0) is 54.8 Å². The third-order valence-corrected chi connectivity index (χ3v) is 6.89. The molecule has 0 aliphatic carbocycles. The van der Waals surface area contributed by atoms with Crippen LogP contribution in [0.5, 0.6) is 5.75 Å². The molecule has 0 spiro atoms. The first-order valence-corrected chi connectivity index (χ1v) is 13.4. The minimum absolute atomic E-state index is 0.182. The average molecular weight is 556 g/mol. The van der Waals surface area contributed by atoms with Crippen molar-refractivity contribution in [3.05, 3.63) is 71.3 Å². The molecule has 1 aliphatic rings. The molecule has 1 aromatic carbocycles. The van der Waals surface area contributed by atoms with Crippen molar-refractivity contribution < 1.29 is 19.4 Å². The monoisotopic (exact) mass is 555 g/mol. The maximum Gasteiger partial charge on any atom is 0.269 e. The largest absolute Gasteiger partial charge is 0.508 e. The third kappa shape index (κ3) is 6.11. The van der Waals surface area contributed by atoms with Crippen LogP contribution in [0, 0.1) is 6.92 Å². The van der Waals surface area contributed by atoms with Crippen LogP contribution in [-0.2, 0) is 15.9 Å². The molecule has 11 nitrogen and oxygen atoms in total. The number of rotatable bonds is 9. The Labute approximate surface area is 237 Å². The first kappa shape index (κ1) is 27.9. The van der Waals surface area contributed by atoms with E-state index in [9.17, 15) is 9.90 Å². The smallest absolute Gasteiger partial charge is 0.269 e. The summed E-state index contributed by atoms with van der Waals surface area (Å²) < 4.78 is 12.3. The molecule has 212 valence electrons. The Morgan fingerprint density at radius 3 is 2.85 bits per heavy atom. The second-order valence-corrected chi connectivity index (χ2v) is 9.74. The van der Waals surface area contributed by atoms with Gasteiger partial charge < -0.3 is 25.6 Å². The van der Waals surface area contributed by atoms with E-state index in [4.69, 9.17) is 25.2 Å². The summed E-state index contributed by atoms with van der Waals surface area (Å²) in [6.07, 6.45) is 6.68. The summed E-state index contributed by atoms with van der Waals surface area (Å²) in [4.78, 5) is 26.5. The SMILES string of the molecule is CCc1cc(O)ccc1N=C(N)c1cnn2cc(-c3cnc(C(=O)NCCOC)cc3C)cc2c1N=C1CCOC1. The zero-order valence-corrected chi connectivity index (χ0v) is 23.3. The molecule has 3 aromatic heterocycles. The van der Waals surface area contributed by atoms with Crippen LogP contribution >= 0.6 is 0 Å². The van der Waals surface area contributed by atoms with Crippen LogP contribution in [0.25, 0.3) is 16.6 Å². The van der Waals surface area contributed by atoms with Gasteiger partial charge in [0.15, 0.2) is 0 Å². The summed E-state index contributed by atoms with van der Waals surface area (Å²) in [5.41, 5.74) is 14.0. The predicted octanol–water partition coefficient (Wildman–Crippen LogP) is 3.88. The van der Waals surface area contributed by atoms with Crippen molar-refractivity contribution in [3.8, 4) is 16.9 Å². The number of carbonyl (C=O) groups excluding carboxylic acids is 1. The first-order chi connectivity index (χ1) is 19.9. The number of nitrogens with one attached hydrogen (secondary N) is 1. The molecular weight excluding hydrogens is 522 g/mol. The number of phenols is 1. The van der Waals surface area contributed by atoms with Gasteiger partial charge in [-0.3, -0.25) is 14.8 Å². The highest BCUT2D eigenvalue weighted by atomic mass is 16.5. The van der Waals surface area contributed by atoms with Crippen LogP contribution in [-0.4, -0.2) is 70.6 Å². The number of pyridine rings is 1. The number of aromatic nitrogens is 3. The summed E-state index contributed by atoms with van der Waals surface area (Å²) >= 11 is 0. The molecule has 4 N–H and O–H groups in total. The number of fused-ring (bicyclic) bond motifs is 1. The number of nitrogens with two attached hydrogens (primary N) is 1. The maximum absolute atomic E-state index is 12.5. The van der Waals surface area contributed by atoms with Crippen molar-refractivity contribution in [2.45, 2.75) is 26.7 Å². The molecule has 0 saturated carbocycles. The van der Waals surface area contributed by atoms with E-state index in [2.05, 4.69) is 15.4 Å². The molecule has 1 aliphatic heterocycles. The molecule has 0 atom stereocenters. The van der Waals surface area contributed by atoms with E-state index in [1.807, 2.05) is 26.1 Å². The zero-order valence-electron chi connectivity index (χ0n) is 23.3. The van der Waals surface area contributed by atoms with E-state index in [-0.39, 0.29) is 17.5 Å². The normalized spacial score (nSPS) is 14.7. The molecule has 0 unspecified atom stereocenters. The second-order valence-electron chi connectivity index (χ2n) is 9.74. The zero-order chi connectivity index (χ0) is 28.9. The number of methoxy groups -OCH3 is 1. The van der Waals surface area contributed by atoms with Crippen LogP contribution in [0.15, 0.2) is 58.9 Å². The third-order valence-electron chi connectivity index (χ3n) is 6.89. The van der Waals surface area contributed by atoms with Crippen molar-refractivity contribution in [2.75, 3.05) is 33.5 Å². The number of ether oxygens (including phenoxy) is 2. The number of amides is 1. The van der Waals surface area contributed by atoms with Gasteiger partial charge in [-0.2, -0.15) is 5.10 Å². The van der Waals surface area contributed by atoms with Crippen LogP contribution in [0.1, 0.15) is 40.5 Å². The molecular formula is C30H33N7O4. The number of aromatic hydroxyl groups is 1. The number of nitrogens with zero attached hydrogens (tertiary/aromatic N) is 5. The lowest BCUT2D eigenvalue weighted by atomic mass is 10.0. The molecule has 41 heavy (non-hydrogen) atoms. The Bertz CT molecular complexity index is 1650. The second kappa shape index (κ2) is 12.3. The van der Waals surface area contributed by atoms with Gasteiger partial charge in [0, 0.05) is 49.3 Å².